The van der Waals surface area contributed by atoms with Gasteiger partial charge in [-0.15, -0.1) is 0 Å². The molecule has 17 heavy (non-hydrogen) atoms. The number of hydrogen-bond donors (Lipinski definition) is 1. The normalized spacial score (nSPS) is 25.5. The summed E-state index contributed by atoms with van der Waals surface area (Å²) in [7, 11) is 0. The first-order valence-electron chi connectivity index (χ1n) is 6.38. The van der Waals surface area contributed by atoms with Crippen molar-refractivity contribution in [2.45, 2.75) is 58.0 Å². The Labute approximate surface area is 103 Å². The van der Waals surface area contributed by atoms with Crippen LogP contribution in [0.25, 0.3) is 0 Å². The van der Waals surface area contributed by atoms with Gasteiger partial charge in [-0.25, -0.2) is 0 Å². The van der Waals surface area contributed by atoms with Crippen LogP contribution in [-0.4, -0.2) is 34.3 Å². The monoisotopic (exact) mass is 238 g/mol. The van der Waals surface area contributed by atoms with Crippen molar-refractivity contribution in [3.63, 3.8) is 0 Å². The van der Waals surface area contributed by atoms with Gasteiger partial charge >= 0.3 is 0 Å². The summed E-state index contributed by atoms with van der Waals surface area (Å²) in [5, 5.41) is 2.80. The van der Waals surface area contributed by atoms with Gasteiger partial charge in [0.1, 0.15) is 5.54 Å². The highest BCUT2D eigenvalue weighted by atomic mass is 16.2. The van der Waals surface area contributed by atoms with Gasteiger partial charge in [0.05, 0.1) is 0 Å². The predicted molar refractivity (Wildman–Crippen MR) is 65.4 cm³/mol. The summed E-state index contributed by atoms with van der Waals surface area (Å²) in [6.07, 6.45) is 2.79. The van der Waals surface area contributed by atoms with E-state index in [4.69, 9.17) is 0 Å². The molecule has 2 amide bonds. The predicted octanol–water partition coefficient (Wildman–Crippen LogP) is 1.30. The second-order valence-electron chi connectivity index (χ2n) is 6.31. The molecule has 0 atom stereocenters. The van der Waals surface area contributed by atoms with Gasteiger partial charge in [-0.1, -0.05) is 0 Å². The number of hydrogen-bond acceptors (Lipinski definition) is 2. The van der Waals surface area contributed by atoms with Crippen molar-refractivity contribution in [3.05, 3.63) is 0 Å². The molecule has 0 unspecified atom stereocenters. The van der Waals surface area contributed by atoms with E-state index in [1.165, 1.54) is 12.8 Å². The summed E-state index contributed by atoms with van der Waals surface area (Å²) >= 11 is 0. The maximum absolute atomic E-state index is 12.5. The van der Waals surface area contributed by atoms with Crippen LogP contribution in [0, 0.1) is 5.92 Å². The van der Waals surface area contributed by atoms with Crippen molar-refractivity contribution in [1.29, 1.82) is 0 Å². The van der Waals surface area contributed by atoms with E-state index < -0.39 is 5.54 Å². The van der Waals surface area contributed by atoms with Crippen LogP contribution in [0.1, 0.15) is 47.0 Å². The van der Waals surface area contributed by atoms with E-state index in [1.807, 2.05) is 4.90 Å². The molecule has 2 fully saturated rings. The van der Waals surface area contributed by atoms with E-state index >= 15 is 0 Å². The lowest BCUT2D eigenvalue weighted by Crippen LogP contribution is -2.58. The molecule has 1 saturated carbocycles. The minimum absolute atomic E-state index is 0.0301. The fourth-order valence-electron chi connectivity index (χ4n) is 2.68. The molecule has 96 valence electrons. The molecule has 4 nitrogen and oxygen atoms in total. The Morgan fingerprint density at radius 3 is 2.41 bits per heavy atom. The van der Waals surface area contributed by atoms with Crippen molar-refractivity contribution < 1.29 is 9.59 Å². The highest BCUT2D eigenvalue weighted by Gasteiger charge is 2.48. The summed E-state index contributed by atoms with van der Waals surface area (Å²) in [6, 6.07) is 0. The van der Waals surface area contributed by atoms with E-state index in [-0.39, 0.29) is 17.4 Å². The van der Waals surface area contributed by atoms with E-state index in [1.54, 1.807) is 13.8 Å². The average molecular weight is 238 g/mol. The second-order valence-corrected chi connectivity index (χ2v) is 6.31. The maximum atomic E-state index is 12.5. The number of carbonyl (C=O) groups is 2. The fourth-order valence-corrected chi connectivity index (χ4v) is 2.68. The zero-order valence-electron chi connectivity index (χ0n) is 11.2. The first kappa shape index (κ1) is 12.4. The zero-order valence-corrected chi connectivity index (χ0v) is 11.2. The third kappa shape index (κ3) is 2.17. The third-order valence-corrected chi connectivity index (χ3v) is 4.07. The quantitative estimate of drug-likeness (QED) is 0.788. The van der Waals surface area contributed by atoms with Crippen LogP contribution in [-0.2, 0) is 9.59 Å². The molecule has 4 heteroatoms. The summed E-state index contributed by atoms with van der Waals surface area (Å²) < 4.78 is 0. The zero-order chi connectivity index (χ0) is 12.8. The van der Waals surface area contributed by atoms with E-state index in [9.17, 15) is 9.59 Å². The summed E-state index contributed by atoms with van der Waals surface area (Å²) in [5.74, 6) is 0.605. The van der Waals surface area contributed by atoms with Crippen LogP contribution in [0.3, 0.4) is 0 Å². The summed E-state index contributed by atoms with van der Waals surface area (Å²) in [6.45, 7) is 8.35. The number of rotatable bonds is 2. The van der Waals surface area contributed by atoms with Crippen LogP contribution >= 0.6 is 0 Å². The molecule has 2 rings (SSSR count). The lowest BCUT2D eigenvalue weighted by atomic mass is 9.93. The Morgan fingerprint density at radius 1 is 1.29 bits per heavy atom. The first-order chi connectivity index (χ1) is 7.75. The Hall–Kier alpha value is -1.06. The Bertz CT molecular complexity index is 356. The average Bonchev–Trinajstić information content (AvgIpc) is 2.98. The van der Waals surface area contributed by atoms with Gasteiger partial charge < -0.3 is 10.2 Å². The lowest BCUT2D eigenvalue weighted by Gasteiger charge is -2.41. The molecule has 1 N–H and O–H groups in total. The molecule has 1 heterocycles. The maximum Gasteiger partial charge on any atom is 0.248 e. The first-order valence-corrected chi connectivity index (χ1v) is 6.38. The number of nitrogens with one attached hydrogen (secondary N) is 1. The van der Waals surface area contributed by atoms with E-state index in [2.05, 4.69) is 19.2 Å². The topological polar surface area (TPSA) is 49.4 Å². The standard InChI is InChI=1S/C13H22N2O2/c1-12(2)11(17)15(8-7-10(16)14-12)13(3,4)9-5-6-9/h9H,5-8H2,1-4H3,(H,14,16). The van der Waals surface area contributed by atoms with Crippen LogP contribution in [0.2, 0.25) is 0 Å². The van der Waals surface area contributed by atoms with Crippen molar-refractivity contribution in [2.75, 3.05) is 6.54 Å². The molecule has 0 spiro atoms. The molecule has 2 aliphatic rings. The minimum atomic E-state index is -0.778. The van der Waals surface area contributed by atoms with Gasteiger partial charge in [0.2, 0.25) is 11.8 Å². The molecular weight excluding hydrogens is 216 g/mol. The number of carbonyl (C=O) groups excluding carboxylic acids is 2. The van der Waals surface area contributed by atoms with Crippen molar-refractivity contribution in [3.8, 4) is 0 Å². The van der Waals surface area contributed by atoms with Gasteiger partial charge in [-0.2, -0.15) is 0 Å². The molecule has 0 radical (unpaired) electrons. The summed E-state index contributed by atoms with van der Waals surface area (Å²) in [5.41, 5.74) is -0.902. The van der Waals surface area contributed by atoms with Crippen LogP contribution in [0.5, 0.6) is 0 Å². The highest BCUT2D eigenvalue weighted by molar-refractivity contribution is 5.93. The number of amides is 2. The minimum Gasteiger partial charge on any atom is -0.342 e. The SMILES string of the molecule is CC1(C)NC(=O)CCN(C(C)(C)C2CC2)C1=O. The smallest absolute Gasteiger partial charge is 0.248 e. The van der Waals surface area contributed by atoms with E-state index in [0.29, 0.717) is 18.9 Å². The van der Waals surface area contributed by atoms with Crippen molar-refractivity contribution in [2.24, 2.45) is 5.92 Å². The Morgan fingerprint density at radius 2 is 1.88 bits per heavy atom. The van der Waals surface area contributed by atoms with Crippen molar-refractivity contribution >= 4 is 11.8 Å². The molecule has 0 aromatic rings. The van der Waals surface area contributed by atoms with Crippen LogP contribution in [0.4, 0.5) is 0 Å². The molecule has 0 aromatic carbocycles. The van der Waals surface area contributed by atoms with Gasteiger partial charge in [0, 0.05) is 18.5 Å². The summed E-state index contributed by atoms with van der Waals surface area (Å²) in [4.78, 5) is 26.0. The Kier molecular flexibility index (Phi) is 2.71. The third-order valence-electron chi connectivity index (χ3n) is 4.07. The molecule has 1 saturated heterocycles. The Balaban J connectivity index is 2.26. The molecule has 1 aliphatic carbocycles. The second kappa shape index (κ2) is 3.72. The lowest BCUT2D eigenvalue weighted by molar-refractivity contribution is -0.142. The van der Waals surface area contributed by atoms with Gasteiger partial charge in [-0.05, 0) is 46.5 Å². The molecule has 0 aromatic heterocycles. The fraction of sp³-hybridized carbons (Fsp3) is 0.846. The van der Waals surface area contributed by atoms with Gasteiger partial charge in [0.15, 0.2) is 0 Å². The van der Waals surface area contributed by atoms with Crippen LogP contribution in [0.15, 0.2) is 0 Å². The largest absolute Gasteiger partial charge is 0.342 e. The van der Waals surface area contributed by atoms with Crippen molar-refractivity contribution in [1.82, 2.24) is 10.2 Å². The van der Waals surface area contributed by atoms with Gasteiger partial charge in [-0.3, -0.25) is 9.59 Å². The molecule has 0 bridgehead atoms. The molecule has 1 aliphatic heterocycles. The number of nitrogens with zero attached hydrogens (tertiary/aromatic N) is 1. The molecular formula is C13H22N2O2. The highest BCUT2D eigenvalue weighted by Crippen LogP contribution is 2.43. The van der Waals surface area contributed by atoms with Crippen LogP contribution < -0.4 is 5.32 Å². The van der Waals surface area contributed by atoms with E-state index in [0.717, 1.165) is 0 Å². The van der Waals surface area contributed by atoms with Gasteiger partial charge in [0.25, 0.3) is 0 Å².